The molecule has 20 heavy (non-hydrogen) atoms. The molecule has 0 atom stereocenters. The number of ether oxygens (including phenoxy) is 1. The number of nitrogen functional groups attached to an aromatic ring is 1. The van der Waals surface area contributed by atoms with E-state index in [2.05, 4.69) is 20.4 Å². The van der Waals surface area contributed by atoms with E-state index < -0.39 is 0 Å². The molecule has 0 amide bonds. The second kappa shape index (κ2) is 4.73. The summed E-state index contributed by atoms with van der Waals surface area (Å²) >= 11 is 0. The summed E-state index contributed by atoms with van der Waals surface area (Å²) in [5.74, 6) is 1.26. The molecule has 102 valence electrons. The fraction of sp³-hybridized carbons (Fsp3) is 0.143. The van der Waals surface area contributed by atoms with Gasteiger partial charge in [0.05, 0.1) is 24.1 Å². The highest BCUT2D eigenvalue weighted by molar-refractivity contribution is 5.87. The van der Waals surface area contributed by atoms with E-state index in [0.29, 0.717) is 5.82 Å². The average Bonchev–Trinajstić information content (AvgIpc) is 3.08. The zero-order chi connectivity index (χ0) is 14.1. The van der Waals surface area contributed by atoms with Gasteiger partial charge in [-0.1, -0.05) is 12.1 Å². The van der Waals surface area contributed by atoms with E-state index in [1.54, 1.807) is 13.3 Å². The van der Waals surface area contributed by atoms with Gasteiger partial charge in [-0.2, -0.15) is 10.2 Å². The monoisotopic (exact) mass is 269 g/mol. The summed E-state index contributed by atoms with van der Waals surface area (Å²) < 4.78 is 5.36. The van der Waals surface area contributed by atoms with Gasteiger partial charge in [-0.15, -0.1) is 0 Å². The summed E-state index contributed by atoms with van der Waals surface area (Å²) in [5.41, 5.74) is 10.5. The van der Waals surface area contributed by atoms with E-state index in [4.69, 9.17) is 10.5 Å². The fourth-order valence-electron chi connectivity index (χ4n) is 2.21. The van der Waals surface area contributed by atoms with Crippen LogP contribution in [0.15, 0.2) is 30.5 Å². The van der Waals surface area contributed by atoms with E-state index in [1.165, 1.54) is 0 Å². The number of hydrogen-bond acceptors (Lipinski definition) is 4. The van der Waals surface area contributed by atoms with Gasteiger partial charge in [-0.05, 0) is 30.2 Å². The molecular formula is C14H15N5O. The Labute approximate surface area is 116 Å². The molecule has 1 aromatic carbocycles. The smallest absolute Gasteiger partial charge is 0.153 e. The van der Waals surface area contributed by atoms with Gasteiger partial charge >= 0.3 is 0 Å². The molecule has 2 heterocycles. The molecular weight excluding hydrogens is 254 g/mol. The molecule has 0 saturated carbocycles. The molecule has 0 aliphatic carbocycles. The van der Waals surface area contributed by atoms with E-state index in [0.717, 1.165) is 33.8 Å². The third-order valence-corrected chi connectivity index (χ3v) is 3.26. The number of rotatable bonds is 3. The Morgan fingerprint density at radius 2 is 2.05 bits per heavy atom. The number of aromatic nitrogens is 4. The van der Waals surface area contributed by atoms with Gasteiger partial charge in [0.15, 0.2) is 5.82 Å². The van der Waals surface area contributed by atoms with Gasteiger partial charge in [0.25, 0.3) is 0 Å². The van der Waals surface area contributed by atoms with Crippen molar-refractivity contribution in [1.29, 1.82) is 0 Å². The summed E-state index contributed by atoms with van der Waals surface area (Å²) in [6.07, 6.45) is 1.69. The average molecular weight is 269 g/mol. The Balaban J connectivity index is 2.17. The maximum absolute atomic E-state index is 5.99. The number of hydrogen-bond donors (Lipinski definition) is 3. The minimum Gasteiger partial charge on any atom is -0.496 e. The molecule has 3 rings (SSSR count). The zero-order valence-corrected chi connectivity index (χ0v) is 11.3. The molecule has 3 aromatic rings. The van der Waals surface area contributed by atoms with Crippen molar-refractivity contribution in [3.05, 3.63) is 36.0 Å². The van der Waals surface area contributed by atoms with E-state index in [1.807, 2.05) is 31.2 Å². The maximum atomic E-state index is 5.99. The second-order valence-corrected chi connectivity index (χ2v) is 4.51. The van der Waals surface area contributed by atoms with Crippen LogP contribution in [0, 0.1) is 6.92 Å². The van der Waals surface area contributed by atoms with Gasteiger partial charge in [-0.25, -0.2) is 0 Å². The number of aryl methyl sites for hydroxylation is 1. The van der Waals surface area contributed by atoms with Crippen LogP contribution >= 0.6 is 0 Å². The fourth-order valence-corrected chi connectivity index (χ4v) is 2.21. The highest BCUT2D eigenvalue weighted by atomic mass is 16.5. The van der Waals surface area contributed by atoms with Crippen LogP contribution in [0.5, 0.6) is 5.75 Å². The molecule has 0 fully saturated rings. The molecule has 6 heteroatoms. The van der Waals surface area contributed by atoms with Gasteiger partial charge < -0.3 is 10.5 Å². The van der Waals surface area contributed by atoms with Crippen LogP contribution in [0.25, 0.3) is 22.5 Å². The predicted molar refractivity (Wildman–Crippen MR) is 77.3 cm³/mol. The number of nitrogens with two attached hydrogens (primary N) is 1. The molecule has 0 spiro atoms. The number of nitrogens with one attached hydrogen (secondary N) is 2. The summed E-state index contributed by atoms with van der Waals surface area (Å²) in [6, 6.07) is 7.81. The predicted octanol–water partition coefficient (Wildman–Crippen LogP) is 2.37. The van der Waals surface area contributed by atoms with Crippen molar-refractivity contribution < 1.29 is 4.74 Å². The third-order valence-electron chi connectivity index (χ3n) is 3.26. The van der Waals surface area contributed by atoms with Crippen molar-refractivity contribution in [2.24, 2.45) is 0 Å². The number of H-pyrrole nitrogens is 2. The lowest BCUT2D eigenvalue weighted by Crippen LogP contribution is -1.92. The zero-order valence-electron chi connectivity index (χ0n) is 11.3. The van der Waals surface area contributed by atoms with Gasteiger partial charge in [-0.3, -0.25) is 10.2 Å². The molecule has 0 radical (unpaired) electrons. The third kappa shape index (κ3) is 1.91. The van der Waals surface area contributed by atoms with Crippen LogP contribution in [0.1, 0.15) is 5.56 Å². The van der Waals surface area contributed by atoms with Crippen LogP contribution in [0.2, 0.25) is 0 Å². The van der Waals surface area contributed by atoms with Crippen LogP contribution < -0.4 is 10.5 Å². The van der Waals surface area contributed by atoms with E-state index >= 15 is 0 Å². The molecule has 2 aromatic heterocycles. The number of nitrogens with zero attached hydrogens (tertiary/aromatic N) is 2. The Kier molecular flexibility index (Phi) is 2.90. The Hall–Kier alpha value is -2.76. The molecule has 0 bridgehead atoms. The lowest BCUT2D eigenvalue weighted by molar-refractivity contribution is 0.412. The van der Waals surface area contributed by atoms with Crippen LogP contribution in [0.3, 0.4) is 0 Å². The highest BCUT2D eigenvalue weighted by Crippen LogP contribution is 2.36. The summed E-state index contributed by atoms with van der Waals surface area (Å²) in [7, 11) is 1.65. The summed E-state index contributed by atoms with van der Waals surface area (Å²) in [4.78, 5) is 0. The largest absolute Gasteiger partial charge is 0.496 e. The number of aromatic amines is 2. The standard InChI is InChI=1S/C14H15N5O/c1-8-3-4-9(7-11(8)20-2)12-13(18-19-14(12)15)10-5-6-16-17-10/h3-7H,1-2H3,(H,16,17)(H3,15,18,19). The lowest BCUT2D eigenvalue weighted by Gasteiger charge is -2.08. The van der Waals surface area contributed by atoms with Gasteiger partial charge in [0, 0.05) is 6.20 Å². The first-order valence-electron chi connectivity index (χ1n) is 6.19. The minimum absolute atomic E-state index is 0.445. The molecule has 0 saturated heterocycles. The number of anilines is 1. The topological polar surface area (TPSA) is 92.6 Å². The molecule has 0 unspecified atom stereocenters. The van der Waals surface area contributed by atoms with Crippen molar-refractivity contribution in [3.8, 4) is 28.3 Å². The summed E-state index contributed by atoms with van der Waals surface area (Å²) in [6.45, 7) is 2.00. The molecule has 6 nitrogen and oxygen atoms in total. The van der Waals surface area contributed by atoms with Gasteiger partial charge in [0.2, 0.25) is 0 Å². The maximum Gasteiger partial charge on any atom is 0.153 e. The van der Waals surface area contributed by atoms with Crippen molar-refractivity contribution in [2.45, 2.75) is 6.92 Å². The molecule has 0 aliphatic heterocycles. The summed E-state index contributed by atoms with van der Waals surface area (Å²) in [5, 5.41) is 13.9. The second-order valence-electron chi connectivity index (χ2n) is 4.51. The number of benzene rings is 1. The first-order valence-corrected chi connectivity index (χ1v) is 6.19. The lowest BCUT2D eigenvalue weighted by atomic mass is 10.0. The van der Waals surface area contributed by atoms with Crippen molar-refractivity contribution in [3.63, 3.8) is 0 Å². The Morgan fingerprint density at radius 1 is 1.20 bits per heavy atom. The normalized spacial score (nSPS) is 10.7. The molecule has 4 N–H and O–H groups in total. The first-order chi connectivity index (χ1) is 9.70. The van der Waals surface area contributed by atoms with Crippen molar-refractivity contribution in [1.82, 2.24) is 20.4 Å². The van der Waals surface area contributed by atoms with Crippen LogP contribution in [-0.2, 0) is 0 Å². The van der Waals surface area contributed by atoms with Crippen LogP contribution in [-0.4, -0.2) is 27.5 Å². The van der Waals surface area contributed by atoms with E-state index in [9.17, 15) is 0 Å². The molecule has 0 aliphatic rings. The van der Waals surface area contributed by atoms with Crippen molar-refractivity contribution >= 4 is 5.82 Å². The quantitative estimate of drug-likeness (QED) is 0.680. The Morgan fingerprint density at radius 3 is 2.75 bits per heavy atom. The minimum atomic E-state index is 0.445. The highest BCUT2D eigenvalue weighted by Gasteiger charge is 2.16. The Bertz CT molecular complexity index is 730. The first kappa shape index (κ1) is 12.3. The van der Waals surface area contributed by atoms with Crippen molar-refractivity contribution in [2.75, 3.05) is 12.8 Å². The van der Waals surface area contributed by atoms with E-state index in [-0.39, 0.29) is 0 Å². The SMILES string of the molecule is COc1cc(-c2c(N)n[nH]c2-c2ccn[nH]2)ccc1C. The van der Waals surface area contributed by atoms with Gasteiger partial charge in [0.1, 0.15) is 5.75 Å². The number of methoxy groups -OCH3 is 1. The van der Waals surface area contributed by atoms with Crippen LogP contribution in [0.4, 0.5) is 5.82 Å².